The zero-order chi connectivity index (χ0) is 15.1. The molecule has 114 valence electrons. The number of hydrogen-bond donors (Lipinski definition) is 0. The fourth-order valence-corrected chi connectivity index (χ4v) is 1.76. The van der Waals surface area contributed by atoms with Gasteiger partial charge in [0.15, 0.2) is 11.6 Å². The van der Waals surface area contributed by atoms with Gasteiger partial charge in [0.2, 0.25) is 0 Å². The molecule has 0 heterocycles. The van der Waals surface area contributed by atoms with Crippen LogP contribution in [0.25, 0.3) is 0 Å². The first-order chi connectivity index (χ1) is 9.46. The third kappa shape index (κ3) is 5.28. The molecule has 2 aliphatic rings. The summed E-state index contributed by atoms with van der Waals surface area (Å²) in [5, 5.41) is 0. The molecule has 0 N–H and O–H groups in total. The Bertz CT molecular complexity index is 479. The average Bonchev–Trinajstić information content (AvgIpc) is 2.41. The molecule has 0 aromatic heterocycles. The largest absolute Gasteiger partial charge is 0.289 e. The van der Waals surface area contributed by atoms with Crippen LogP contribution in [0.3, 0.4) is 0 Å². The average molecular weight is 327 g/mol. The smallest absolute Gasteiger partial charge is 0.185 e. The van der Waals surface area contributed by atoms with Gasteiger partial charge in [0, 0.05) is 38.8 Å². The van der Waals surface area contributed by atoms with Crippen molar-refractivity contribution in [2.45, 2.75) is 27.7 Å². The molecule has 0 saturated heterocycles. The SMILES string of the molecule is C1=C\C=C/C=C\C=C/1.CC1=C(C)C(=O)C(C)=C(C)C1=O.[Ni]. The molecular formula is C18H20NiO2. The van der Waals surface area contributed by atoms with Gasteiger partial charge in [-0.3, -0.25) is 9.59 Å². The van der Waals surface area contributed by atoms with Crippen molar-refractivity contribution in [2.75, 3.05) is 0 Å². The van der Waals surface area contributed by atoms with Crippen molar-refractivity contribution in [1.82, 2.24) is 0 Å². The van der Waals surface area contributed by atoms with E-state index in [1.54, 1.807) is 27.7 Å². The molecule has 0 unspecified atom stereocenters. The van der Waals surface area contributed by atoms with Crippen LogP contribution in [0.2, 0.25) is 0 Å². The van der Waals surface area contributed by atoms with Gasteiger partial charge in [-0.05, 0) is 27.7 Å². The van der Waals surface area contributed by atoms with Crippen LogP contribution in [0.5, 0.6) is 0 Å². The first-order valence-electron chi connectivity index (χ1n) is 6.57. The van der Waals surface area contributed by atoms with E-state index >= 15 is 0 Å². The molecule has 0 atom stereocenters. The normalized spacial score (nSPS) is 23.2. The third-order valence-corrected chi connectivity index (χ3v) is 3.38. The van der Waals surface area contributed by atoms with Gasteiger partial charge in [0.05, 0.1) is 0 Å². The van der Waals surface area contributed by atoms with Crippen LogP contribution in [0.4, 0.5) is 0 Å². The Morgan fingerprint density at radius 3 is 0.762 bits per heavy atom. The Labute approximate surface area is 136 Å². The summed E-state index contributed by atoms with van der Waals surface area (Å²) in [5.74, 6) is 0.00852. The van der Waals surface area contributed by atoms with Gasteiger partial charge in [-0.25, -0.2) is 0 Å². The maximum Gasteiger partial charge on any atom is 0.185 e. The molecule has 0 saturated carbocycles. The van der Waals surface area contributed by atoms with Crippen LogP contribution in [-0.2, 0) is 26.1 Å². The topological polar surface area (TPSA) is 34.1 Å². The zero-order valence-electron chi connectivity index (χ0n) is 12.8. The Hall–Kier alpha value is -1.73. The van der Waals surface area contributed by atoms with Crippen LogP contribution >= 0.6 is 0 Å². The summed E-state index contributed by atoms with van der Waals surface area (Å²) in [6.45, 7) is 6.80. The van der Waals surface area contributed by atoms with Crippen molar-refractivity contribution in [1.29, 1.82) is 0 Å². The quantitative estimate of drug-likeness (QED) is 0.497. The zero-order valence-corrected chi connectivity index (χ0v) is 13.7. The number of rotatable bonds is 0. The predicted molar refractivity (Wildman–Crippen MR) is 83.3 cm³/mol. The summed E-state index contributed by atoms with van der Waals surface area (Å²) in [4.78, 5) is 22.8. The van der Waals surface area contributed by atoms with E-state index in [1.165, 1.54) is 0 Å². The van der Waals surface area contributed by atoms with E-state index in [-0.39, 0.29) is 28.1 Å². The van der Waals surface area contributed by atoms with Gasteiger partial charge in [-0.15, -0.1) is 0 Å². The van der Waals surface area contributed by atoms with E-state index < -0.39 is 0 Å². The summed E-state index contributed by atoms with van der Waals surface area (Å²) in [5.41, 5.74) is 2.34. The van der Waals surface area contributed by atoms with Crippen molar-refractivity contribution in [2.24, 2.45) is 0 Å². The number of Topliss-reactive ketones (excluding diaryl/α,β-unsaturated/α-hetero) is 2. The minimum Gasteiger partial charge on any atom is -0.289 e. The molecule has 21 heavy (non-hydrogen) atoms. The molecule has 3 heteroatoms. The van der Waals surface area contributed by atoms with E-state index in [0.717, 1.165) is 0 Å². The van der Waals surface area contributed by atoms with Gasteiger partial charge < -0.3 is 0 Å². The minimum absolute atomic E-state index is 0. The van der Waals surface area contributed by atoms with Gasteiger partial charge in [-0.1, -0.05) is 48.6 Å². The number of carbonyl (C=O) groups excluding carboxylic acids is 2. The number of hydrogen-bond acceptors (Lipinski definition) is 2. The maximum absolute atomic E-state index is 11.4. The maximum atomic E-state index is 11.4. The van der Waals surface area contributed by atoms with Crippen molar-refractivity contribution in [3.63, 3.8) is 0 Å². The summed E-state index contributed by atoms with van der Waals surface area (Å²) in [6.07, 6.45) is 16.0. The molecule has 0 bridgehead atoms. The molecule has 0 radical (unpaired) electrons. The van der Waals surface area contributed by atoms with Crippen molar-refractivity contribution in [3.05, 3.63) is 70.9 Å². The molecule has 2 nitrogen and oxygen atoms in total. The third-order valence-electron chi connectivity index (χ3n) is 3.38. The van der Waals surface area contributed by atoms with Crippen molar-refractivity contribution < 1.29 is 26.1 Å². The van der Waals surface area contributed by atoms with Crippen molar-refractivity contribution >= 4 is 11.6 Å². The molecule has 2 aliphatic carbocycles. The van der Waals surface area contributed by atoms with Gasteiger partial charge in [0.25, 0.3) is 0 Å². The molecule has 0 amide bonds. The molecule has 0 aromatic carbocycles. The Kier molecular flexibility index (Phi) is 8.49. The summed E-state index contributed by atoms with van der Waals surface area (Å²) >= 11 is 0. The Morgan fingerprint density at radius 2 is 0.619 bits per heavy atom. The molecule has 0 aromatic rings. The second-order valence-corrected chi connectivity index (χ2v) is 4.70. The molecule has 0 fully saturated rings. The van der Waals surface area contributed by atoms with E-state index in [1.807, 2.05) is 48.6 Å². The standard InChI is InChI=1S/C10H12O2.C8H8.Ni/c1-5-6(2)10(12)8(4)7(3)9(5)11;1-2-4-6-8-7-5-3-1;/h1-4H3;1-8H;/b;2-1-,3-1?,4-2?,5-3-,6-4-,7-5?,8-6?,8-7-;. The molecule has 2 rings (SSSR count). The van der Waals surface area contributed by atoms with Gasteiger partial charge in [-0.2, -0.15) is 0 Å². The predicted octanol–water partition coefficient (Wildman–Crippen LogP) is 4.03. The van der Waals surface area contributed by atoms with Crippen molar-refractivity contribution in [3.8, 4) is 0 Å². The summed E-state index contributed by atoms with van der Waals surface area (Å²) < 4.78 is 0. The Balaban J connectivity index is 0.000000390. The number of allylic oxidation sites excluding steroid dienone is 12. The van der Waals surface area contributed by atoms with E-state index in [0.29, 0.717) is 22.3 Å². The number of carbonyl (C=O) groups is 2. The second-order valence-electron chi connectivity index (χ2n) is 4.70. The van der Waals surface area contributed by atoms with Crippen LogP contribution in [0, 0.1) is 0 Å². The van der Waals surface area contributed by atoms with Crippen LogP contribution in [0.15, 0.2) is 70.9 Å². The van der Waals surface area contributed by atoms with Crippen LogP contribution in [-0.4, -0.2) is 11.6 Å². The van der Waals surface area contributed by atoms with E-state index in [4.69, 9.17) is 0 Å². The van der Waals surface area contributed by atoms with Gasteiger partial charge in [0.1, 0.15) is 0 Å². The monoisotopic (exact) mass is 326 g/mol. The van der Waals surface area contributed by atoms with Gasteiger partial charge >= 0.3 is 0 Å². The summed E-state index contributed by atoms with van der Waals surface area (Å²) in [6, 6.07) is 0. The molecule has 0 aliphatic heterocycles. The minimum atomic E-state index is 0. The molecule has 0 spiro atoms. The second kappa shape index (κ2) is 9.25. The first kappa shape index (κ1) is 19.3. The van der Waals surface area contributed by atoms with Crippen LogP contribution < -0.4 is 0 Å². The fraction of sp³-hybridized carbons (Fsp3) is 0.222. The van der Waals surface area contributed by atoms with E-state index in [2.05, 4.69) is 0 Å². The number of ketones is 2. The van der Waals surface area contributed by atoms with E-state index in [9.17, 15) is 9.59 Å². The van der Waals surface area contributed by atoms with Crippen LogP contribution in [0.1, 0.15) is 27.7 Å². The first-order valence-corrected chi connectivity index (χ1v) is 6.57. The summed E-state index contributed by atoms with van der Waals surface area (Å²) in [7, 11) is 0. The fourth-order valence-electron chi connectivity index (χ4n) is 1.76. The Morgan fingerprint density at radius 1 is 0.476 bits per heavy atom. The molecular weight excluding hydrogens is 307 g/mol.